The molecule has 0 heterocycles. The molecule has 3 N–H and O–H groups in total. The van der Waals surface area contributed by atoms with Crippen molar-refractivity contribution in [3.05, 3.63) is 35.1 Å². The molecular weight excluding hydrogens is 240 g/mol. The third-order valence-corrected chi connectivity index (χ3v) is 2.19. The molecule has 0 bridgehead atoms. The van der Waals surface area contributed by atoms with Gasteiger partial charge in [0.2, 0.25) is 5.91 Å². The third-order valence-electron chi connectivity index (χ3n) is 2.19. The summed E-state index contributed by atoms with van der Waals surface area (Å²) in [5.74, 6) is 3.15. The minimum Gasteiger partial charge on any atom is -0.294 e. The molecule has 1 aromatic carbocycles. The van der Waals surface area contributed by atoms with E-state index in [1.807, 2.05) is 0 Å². The van der Waals surface area contributed by atoms with E-state index in [2.05, 4.69) is 0 Å². The summed E-state index contributed by atoms with van der Waals surface area (Å²) in [6, 6.07) is 2.67. The van der Waals surface area contributed by atoms with Crippen LogP contribution in [0.4, 0.5) is 17.6 Å². The van der Waals surface area contributed by atoms with E-state index in [1.165, 1.54) is 0 Å². The Labute approximate surface area is 94.6 Å². The van der Waals surface area contributed by atoms with Gasteiger partial charge in [0.15, 0.2) is 0 Å². The first-order chi connectivity index (χ1) is 7.86. The second-order valence-corrected chi connectivity index (χ2v) is 3.33. The molecule has 0 aliphatic rings. The van der Waals surface area contributed by atoms with Crippen molar-refractivity contribution >= 4 is 5.91 Å². The Morgan fingerprint density at radius 2 is 2.00 bits per heavy atom. The van der Waals surface area contributed by atoms with Crippen molar-refractivity contribution in [3.8, 4) is 0 Å². The van der Waals surface area contributed by atoms with Crippen molar-refractivity contribution in [2.24, 2.45) is 5.84 Å². The summed E-state index contributed by atoms with van der Waals surface area (Å²) in [5, 5.41) is 0. The molecule has 0 atom stereocenters. The predicted molar refractivity (Wildman–Crippen MR) is 52.1 cm³/mol. The zero-order chi connectivity index (χ0) is 13.1. The van der Waals surface area contributed by atoms with E-state index in [4.69, 9.17) is 5.84 Å². The van der Waals surface area contributed by atoms with Gasteiger partial charge in [-0.25, -0.2) is 10.2 Å². The fourth-order valence-electron chi connectivity index (χ4n) is 1.39. The quantitative estimate of drug-likeness (QED) is 0.372. The maximum atomic E-state index is 13.3. The number of hydrogen-bond donors (Lipinski definition) is 2. The summed E-state index contributed by atoms with van der Waals surface area (Å²) >= 11 is 0. The normalized spacial score (nSPS) is 11.4. The lowest BCUT2D eigenvalue weighted by Crippen LogP contribution is -2.30. The number of halogens is 4. The van der Waals surface area contributed by atoms with Gasteiger partial charge in [0.05, 0.1) is 5.56 Å². The van der Waals surface area contributed by atoms with E-state index >= 15 is 0 Å². The molecule has 0 saturated carbocycles. The minimum atomic E-state index is -4.64. The fourth-order valence-corrected chi connectivity index (χ4v) is 1.39. The highest BCUT2D eigenvalue weighted by Crippen LogP contribution is 2.33. The van der Waals surface area contributed by atoms with Gasteiger partial charge in [0, 0.05) is 12.0 Å². The first-order valence-electron chi connectivity index (χ1n) is 4.70. The van der Waals surface area contributed by atoms with Crippen LogP contribution in [0.3, 0.4) is 0 Å². The second kappa shape index (κ2) is 5.13. The number of carbonyl (C=O) groups is 1. The summed E-state index contributed by atoms with van der Waals surface area (Å²) in [6.07, 6.45) is -5.30. The third kappa shape index (κ3) is 3.42. The van der Waals surface area contributed by atoms with Crippen molar-refractivity contribution in [2.45, 2.75) is 19.0 Å². The average Bonchev–Trinajstić information content (AvgIpc) is 2.25. The number of hydrogen-bond acceptors (Lipinski definition) is 2. The Kier molecular flexibility index (Phi) is 4.06. The van der Waals surface area contributed by atoms with E-state index in [0.717, 1.165) is 18.2 Å². The molecule has 3 nitrogen and oxygen atoms in total. The molecule has 1 rings (SSSR count). The molecule has 0 fully saturated rings. The largest absolute Gasteiger partial charge is 0.416 e. The summed E-state index contributed by atoms with van der Waals surface area (Å²) < 4.78 is 50.9. The van der Waals surface area contributed by atoms with Crippen LogP contribution < -0.4 is 11.3 Å². The summed E-state index contributed by atoms with van der Waals surface area (Å²) in [7, 11) is 0. The Hall–Kier alpha value is -1.63. The van der Waals surface area contributed by atoms with Crippen LogP contribution in [0.5, 0.6) is 0 Å². The molecule has 7 heteroatoms. The Bertz CT molecular complexity index is 417. The van der Waals surface area contributed by atoms with Crippen LogP contribution in [0, 0.1) is 5.82 Å². The number of hydrazine groups is 1. The maximum absolute atomic E-state index is 13.3. The Morgan fingerprint density at radius 1 is 1.35 bits per heavy atom. The zero-order valence-electron chi connectivity index (χ0n) is 8.64. The first kappa shape index (κ1) is 13.4. The van der Waals surface area contributed by atoms with Gasteiger partial charge in [0.25, 0.3) is 0 Å². The standard InChI is InChI=1S/C10H10F4N2O/c11-8-3-1-2-7(10(12,13)14)6(8)4-5-9(17)16-15/h1-3H,4-5,15H2,(H,16,17). The van der Waals surface area contributed by atoms with Gasteiger partial charge in [-0.05, 0) is 18.6 Å². The number of carbonyl (C=O) groups excluding carboxylic acids is 1. The summed E-state index contributed by atoms with van der Waals surface area (Å²) in [4.78, 5) is 10.8. The Balaban J connectivity index is 3.00. The zero-order valence-corrected chi connectivity index (χ0v) is 8.64. The molecular formula is C10H10F4N2O. The van der Waals surface area contributed by atoms with Crippen molar-refractivity contribution < 1.29 is 22.4 Å². The maximum Gasteiger partial charge on any atom is 0.416 e. The van der Waals surface area contributed by atoms with Gasteiger partial charge in [-0.1, -0.05) is 6.07 Å². The van der Waals surface area contributed by atoms with E-state index < -0.39 is 29.0 Å². The Morgan fingerprint density at radius 3 is 2.53 bits per heavy atom. The van der Waals surface area contributed by atoms with Gasteiger partial charge < -0.3 is 0 Å². The second-order valence-electron chi connectivity index (χ2n) is 3.33. The van der Waals surface area contributed by atoms with Crippen LogP contribution in [0.2, 0.25) is 0 Å². The van der Waals surface area contributed by atoms with Crippen molar-refractivity contribution in [1.29, 1.82) is 0 Å². The van der Waals surface area contributed by atoms with E-state index in [-0.39, 0.29) is 12.8 Å². The molecule has 0 radical (unpaired) electrons. The number of rotatable bonds is 3. The molecule has 0 unspecified atom stereocenters. The van der Waals surface area contributed by atoms with Crippen LogP contribution in [0.1, 0.15) is 17.5 Å². The van der Waals surface area contributed by atoms with Crippen LogP contribution in [-0.4, -0.2) is 5.91 Å². The smallest absolute Gasteiger partial charge is 0.294 e. The minimum absolute atomic E-state index is 0.305. The molecule has 0 aliphatic heterocycles. The summed E-state index contributed by atoms with van der Waals surface area (Å²) in [6.45, 7) is 0. The molecule has 1 amide bonds. The molecule has 1 aromatic rings. The van der Waals surface area contributed by atoms with Crippen LogP contribution >= 0.6 is 0 Å². The molecule has 17 heavy (non-hydrogen) atoms. The molecule has 0 aromatic heterocycles. The lowest BCUT2D eigenvalue weighted by molar-refractivity contribution is -0.138. The first-order valence-corrected chi connectivity index (χ1v) is 4.70. The lowest BCUT2D eigenvalue weighted by Gasteiger charge is -2.13. The highest BCUT2D eigenvalue weighted by Gasteiger charge is 2.34. The number of benzene rings is 1. The van der Waals surface area contributed by atoms with Crippen LogP contribution in [0.25, 0.3) is 0 Å². The van der Waals surface area contributed by atoms with E-state index in [9.17, 15) is 22.4 Å². The van der Waals surface area contributed by atoms with Crippen LogP contribution in [-0.2, 0) is 17.4 Å². The van der Waals surface area contributed by atoms with Crippen molar-refractivity contribution in [2.75, 3.05) is 0 Å². The van der Waals surface area contributed by atoms with Gasteiger partial charge in [-0.3, -0.25) is 10.2 Å². The molecule has 0 saturated heterocycles. The highest BCUT2D eigenvalue weighted by molar-refractivity contribution is 5.75. The monoisotopic (exact) mass is 250 g/mol. The molecule has 0 spiro atoms. The number of nitrogens with two attached hydrogens (primary N) is 1. The number of amides is 1. The SMILES string of the molecule is NNC(=O)CCc1c(F)cccc1C(F)(F)F. The molecule has 94 valence electrons. The van der Waals surface area contributed by atoms with Crippen molar-refractivity contribution in [3.63, 3.8) is 0 Å². The highest BCUT2D eigenvalue weighted by atomic mass is 19.4. The number of alkyl halides is 3. The van der Waals surface area contributed by atoms with E-state index in [0.29, 0.717) is 0 Å². The lowest BCUT2D eigenvalue weighted by atomic mass is 10.0. The predicted octanol–water partition coefficient (Wildman–Crippen LogP) is 1.77. The summed E-state index contributed by atoms with van der Waals surface area (Å²) in [5.41, 5.74) is 0.179. The van der Waals surface area contributed by atoms with Crippen LogP contribution in [0.15, 0.2) is 18.2 Å². The average molecular weight is 250 g/mol. The van der Waals surface area contributed by atoms with Crippen molar-refractivity contribution in [1.82, 2.24) is 5.43 Å². The van der Waals surface area contributed by atoms with Gasteiger partial charge in [0.1, 0.15) is 5.82 Å². The van der Waals surface area contributed by atoms with E-state index in [1.54, 1.807) is 5.43 Å². The fraction of sp³-hybridized carbons (Fsp3) is 0.300. The van der Waals surface area contributed by atoms with Gasteiger partial charge in [-0.2, -0.15) is 13.2 Å². The molecule has 0 aliphatic carbocycles. The topological polar surface area (TPSA) is 55.1 Å². The van der Waals surface area contributed by atoms with Gasteiger partial charge in [-0.15, -0.1) is 0 Å². The van der Waals surface area contributed by atoms with Gasteiger partial charge >= 0.3 is 6.18 Å². The number of nitrogens with one attached hydrogen (secondary N) is 1.